The van der Waals surface area contributed by atoms with Crippen LogP contribution in [0.3, 0.4) is 0 Å². The summed E-state index contributed by atoms with van der Waals surface area (Å²) in [5, 5.41) is 0. The van der Waals surface area contributed by atoms with Crippen molar-refractivity contribution in [2.45, 2.75) is 53.4 Å². The molecule has 7 nitrogen and oxygen atoms in total. The van der Waals surface area contributed by atoms with Crippen molar-refractivity contribution in [1.29, 1.82) is 0 Å². The number of hydrogen-bond acceptors (Lipinski definition) is 7. The first kappa shape index (κ1) is 22.7. The van der Waals surface area contributed by atoms with Crippen LogP contribution in [-0.4, -0.2) is 31.6 Å². The molecule has 2 N–H and O–H groups in total. The van der Waals surface area contributed by atoms with E-state index in [4.69, 9.17) is 24.7 Å². The van der Waals surface area contributed by atoms with E-state index in [0.717, 1.165) is 0 Å². The lowest BCUT2D eigenvalue weighted by Gasteiger charge is -2.38. The Morgan fingerprint density at radius 1 is 1.13 bits per heavy atom. The molecule has 1 aliphatic carbocycles. The van der Waals surface area contributed by atoms with Gasteiger partial charge in [0.25, 0.3) is 0 Å². The highest BCUT2D eigenvalue weighted by Crippen LogP contribution is 2.50. The minimum absolute atomic E-state index is 0.0445. The molecule has 0 fully saturated rings. The summed E-state index contributed by atoms with van der Waals surface area (Å²) < 4.78 is 22.7. The quantitative estimate of drug-likeness (QED) is 0.655. The van der Waals surface area contributed by atoms with Gasteiger partial charge in [-0.1, -0.05) is 13.8 Å². The monoisotopic (exact) mass is 429 g/mol. The van der Waals surface area contributed by atoms with Gasteiger partial charge in [-0.2, -0.15) is 0 Å². The molecule has 3 rings (SSSR count). The normalized spacial score (nSPS) is 20.2. The summed E-state index contributed by atoms with van der Waals surface area (Å²) in [5.74, 6) is 0.177. The van der Waals surface area contributed by atoms with Crippen molar-refractivity contribution in [2.24, 2.45) is 11.1 Å². The Kier molecular flexibility index (Phi) is 6.62. The third-order valence-corrected chi connectivity index (χ3v) is 5.35. The third kappa shape index (κ3) is 4.55. The van der Waals surface area contributed by atoms with Crippen LogP contribution in [-0.2, 0) is 19.1 Å². The lowest BCUT2D eigenvalue weighted by atomic mass is 9.70. The number of benzene rings is 1. The molecule has 0 spiro atoms. The highest BCUT2D eigenvalue weighted by molar-refractivity contribution is 6.03. The van der Waals surface area contributed by atoms with E-state index in [2.05, 4.69) is 0 Å². The van der Waals surface area contributed by atoms with Crippen molar-refractivity contribution < 1.29 is 28.5 Å². The number of esters is 1. The van der Waals surface area contributed by atoms with Crippen molar-refractivity contribution in [1.82, 2.24) is 0 Å². The first-order valence-electron chi connectivity index (χ1n) is 10.7. The molecule has 168 valence electrons. The summed E-state index contributed by atoms with van der Waals surface area (Å²) in [4.78, 5) is 26.2. The van der Waals surface area contributed by atoms with Gasteiger partial charge in [0.15, 0.2) is 5.78 Å². The average molecular weight is 430 g/mol. The SMILES string of the molecule is CCOC(=O)C1=C(N)OC2=C(C(=O)CC(C)(C)C2)[C@@H]1c1cc(OCC)ccc1OCC. The number of carbonyl (C=O) groups is 2. The highest BCUT2D eigenvalue weighted by atomic mass is 16.5. The predicted molar refractivity (Wildman–Crippen MR) is 116 cm³/mol. The number of ketones is 1. The van der Waals surface area contributed by atoms with Crippen LogP contribution in [0.1, 0.15) is 58.9 Å². The molecule has 0 unspecified atom stereocenters. The fourth-order valence-corrected chi connectivity index (χ4v) is 4.20. The van der Waals surface area contributed by atoms with Gasteiger partial charge in [0.1, 0.15) is 22.8 Å². The van der Waals surface area contributed by atoms with Gasteiger partial charge in [-0.3, -0.25) is 4.79 Å². The first-order chi connectivity index (χ1) is 14.7. The topological polar surface area (TPSA) is 97.1 Å². The number of nitrogens with two attached hydrogens (primary N) is 1. The molecule has 1 heterocycles. The third-order valence-electron chi connectivity index (χ3n) is 5.35. The van der Waals surface area contributed by atoms with Gasteiger partial charge >= 0.3 is 5.97 Å². The molecule has 2 aliphatic rings. The molecule has 0 bridgehead atoms. The van der Waals surface area contributed by atoms with E-state index < -0.39 is 11.9 Å². The van der Waals surface area contributed by atoms with Gasteiger partial charge in [-0.05, 0) is 44.4 Å². The lowest BCUT2D eigenvalue weighted by Crippen LogP contribution is -2.36. The number of ether oxygens (including phenoxy) is 4. The van der Waals surface area contributed by atoms with Crippen molar-refractivity contribution in [3.63, 3.8) is 0 Å². The zero-order chi connectivity index (χ0) is 22.8. The Balaban J connectivity index is 2.26. The maximum Gasteiger partial charge on any atom is 0.340 e. The molecule has 1 aromatic rings. The summed E-state index contributed by atoms with van der Waals surface area (Å²) in [7, 11) is 0. The molecule has 1 aliphatic heterocycles. The van der Waals surface area contributed by atoms with Crippen molar-refractivity contribution >= 4 is 11.8 Å². The smallest absolute Gasteiger partial charge is 0.340 e. The number of Topliss-reactive ketones (excluding diaryl/α,β-unsaturated/α-hetero) is 1. The van der Waals surface area contributed by atoms with Crippen LogP contribution >= 0.6 is 0 Å². The Hall–Kier alpha value is -2.96. The van der Waals surface area contributed by atoms with Gasteiger partial charge in [-0.25, -0.2) is 4.79 Å². The van der Waals surface area contributed by atoms with Gasteiger partial charge in [0.2, 0.25) is 5.88 Å². The van der Waals surface area contributed by atoms with E-state index in [1.54, 1.807) is 25.1 Å². The molecule has 1 aromatic carbocycles. The molecule has 0 radical (unpaired) electrons. The fraction of sp³-hybridized carbons (Fsp3) is 0.500. The predicted octanol–water partition coefficient (Wildman–Crippen LogP) is 3.97. The summed E-state index contributed by atoms with van der Waals surface area (Å²) in [6.07, 6.45) is 0.882. The second-order valence-corrected chi connectivity index (χ2v) is 8.38. The Labute approximate surface area is 183 Å². The Morgan fingerprint density at radius 3 is 2.48 bits per heavy atom. The highest BCUT2D eigenvalue weighted by Gasteiger charge is 2.46. The zero-order valence-corrected chi connectivity index (χ0v) is 18.9. The molecule has 1 atom stereocenters. The van der Waals surface area contributed by atoms with Crippen LogP contribution in [0.2, 0.25) is 0 Å². The van der Waals surface area contributed by atoms with Crippen LogP contribution in [0.25, 0.3) is 0 Å². The van der Waals surface area contributed by atoms with Crippen LogP contribution in [0, 0.1) is 5.41 Å². The van der Waals surface area contributed by atoms with Crippen LogP contribution in [0.15, 0.2) is 41.0 Å². The summed E-state index contributed by atoms with van der Waals surface area (Å²) >= 11 is 0. The van der Waals surface area contributed by atoms with Crippen LogP contribution < -0.4 is 15.2 Å². The van der Waals surface area contributed by atoms with E-state index in [9.17, 15) is 9.59 Å². The average Bonchev–Trinajstić information content (AvgIpc) is 2.67. The molecule has 31 heavy (non-hydrogen) atoms. The summed E-state index contributed by atoms with van der Waals surface area (Å²) in [5.41, 5.74) is 7.15. The molecule has 7 heteroatoms. The molecule has 0 saturated carbocycles. The number of hydrogen-bond donors (Lipinski definition) is 1. The van der Waals surface area contributed by atoms with Crippen LogP contribution in [0.4, 0.5) is 0 Å². The van der Waals surface area contributed by atoms with Crippen molar-refractivity contribution in [3.05, 3.63) is 46.6 Å². The molecule has 0 aromatic heterocycles. The van der Waals surface area contributed by atoms with E-state index in [1.807, 2.05) is 27.7 Å². The molecular weight excluding hydrogens is 398 g/mol. The standard InChI is InChI=1S/C24H31NO6/c1-6-28-14-9-10-17(29-7-2)15(11-14)19-20-16(26)12-24(4,5)13-18(20)31-22(25)21(19)23(27)30-8-3/h9-11,19H,6-8,12-13,25H2,1-5H3/t19-/m0/s1. The number of carbonyl (C=O) groups excluding carboxylic acids is 2. The minimum Gasteiger partial charge on any atom is -0.494 e. The zero-order valence-electron chi connectivity index (χ0n) is 18.9. The number of allylic oxidation sites excluding steroid dienone is 2. The Bertz CT molecular complexity index is 943. The largest absolute Gasteiger partial charge is 0.494 e. The maximum absolute atomic E-state index is 13.3. The van der Waals surface area contributed by atoms with Gasteiger partial charge in [0, 0.05) is 24.0 Å². The van der Waals surface area contributed by atoms with E-state index in [1.165, 1.54) is 0 Å². The lowest BCUT2D eigenvalue weighted by molar-refractivity contribution is -0.139. The second-order valence-electron chi connectivity index (χ2n) is 8.38. The van der Waals surface area contributed by atoms with E-state index in [0.29, 0.717) is 54.5 Å². The molecule has 0 amide bonds. The summed E-state index contributed by atoms with van der Waals surface area (Å²) in [6.45, 7) is 10.6. The summed E-state index contributed by atoms with van der Waals surface area (Å²) in [6, 6.07) is 5.39. The van der Waals surface area contributed by atoms with E-state index >= 15 is 0 Å². The minimum atomic E-state index is -0.756. The first-order valence-corrected chi connectivity index (χ1v) is 10.7. The molecule has 0 saturated heterocycles. The number of rotatable bonds is 7. The van der Waals surface area contributed by atoms with Gasteiger partial charge < -0.3 is 24.7 Å². The van der Waals surface area contributed by atoms with Gasteiger partial charge in [0.05, 0.1) is 25.7 Å². The van der Waals surface area contributed by atoms with Gasteiger partial charge in [-0.15, -0.1) is 0 Å². The maximum atomic E-state index is 13.3. The van der Waals surface area contributed by atoms with Crippen molar-refractivity contribution in [2.75, 3.05) is 19.8 Å². The van der Waals surface area contributed by atoms with E-state index in [-0.39, 0.29) is 29.3 Å². The Morgan fingerprint density at radius 2 is 1.84 bits per heavy atom. The molecular formula is C24H31NO6. The van der Waals surface area contributed by atoms with Crippen LogP contribution in [0.5, 0.6) is 11.5 Å². The van der Waals surface area contributed by atoms with Crippen molar-refractivity contribution in [3.8, 4) is 11.5 Å². The fourth-order valence-electron chi connectivity index (χ4n) is 4.20. The second kappa shape index (κ2) is 9.04.